The van der Waals surface area contributed by atoms with Crippen LogP contribution < -0.4 is 5.32 Å². The van der Waals surface area contributed by atoms with Gasteiger partial charge in [0.25, 0.3) is 0 Å². The van der Waals surface area contributed by atoms with E-state index in [1.807, 2.05) is 7.05 Å². The molecule has 2 rings (SSSR count). The summed E-state index contributed by atoms with van der Waals surface area (Å²) in [7, 11) is 1.99. The first-order chi connectivity index (χ1) is 8.52. The summed E-state index contributed by atoms with van der Waals surface area (Å²) in [5, 5.41) is 3.78. The maximum absolute atomic E-state index is 13.0. The van der Waals surface area contributed by atoms with Crippen LogP contribution in [0.2, 0.25) is 5.02 Å². The Balaban J connectivity index is 1.99. The van der Waals surface area contributed by atoms with Crippen molar-refractivity contribution in [2.45, 2.75) is 19.9 Å². The Morgan fingerprint density at radius 3 is 2.94 bits per heavy atom. The number of nitrogens with zero attached hydrogens (tertiary/aromatic N) is 1. The van der Waals surface area contributed by atoms with E-state index in [4.69, 9.17) is 11.6 Å². The molecule has 1 aromatic carbocycles. The highest BCUT2D eigenvalue weighted by atomic mass is 35.5. The lowest BCUT2D eigenvalue weighted by molar-refractivity contribution is 0.265. The highest BCUT2D eigenvalue weighted by Gasteiger charge is 2.33. The van der Waals surface area contributed by atoms with Gasteiger partial charge >= 0.3 is 0 Å². The molecule has 4 heteroatoms. The molecule has 0 amide bonds. The molecule has 0 radical (unpaired) electrons. The van der Waals surface area contributed by atoms with Gasteiger partial charge in [-0.15, -0.1) is 0 Å². The molecule has 1 fully saturated rings. The summed E-state index contributed by atoms with van der Waals surface area (Å²) in [6.07, 6.45) is 1.19. The van der Waals surface area contributed by atoms with Gasteiger partial charge in [-0.3, -0.25) is 4.90 Å². The summed E-state index contributed by atoms with van der Waals surface area (Å²) in [4.78, 5) is 2.39. The van der Waals surface area contributed by atoms with Crippen molar-refractivity contribution in [2.75, 3.05) is 26.7 Å². The second-order valence-corrected chi connectivity index (χ2v) is 5.94. The van der Waals surface area contributed by atoms with Gasteiger partial charge in [0.15, 0.2) is 0 Å². The molecule has 1 saturated heterocycles. The molecule has 1 aliphatic heterocycles. The Morgan fingerprint density at radius 2 is 2.28 bits per heavy atom. The minimum atomic E-state index is -0.273. The van der Waals surface area contributed by atoms with Gasteiger partial charge in [-0.05, 0) is 43.1 Å². The fourth-order valence-corrected chi connectivity index (χ4v) is 2.95. The molecule has 0 spiro atoms. The average Bonchev–Trinajstić information content (AvgIpc) is 2.65. The first-order valence-electron chi connectivity index (χ1n) is 6.33. The number of rotatable bonds is 4. The number of benzene rings is 1. The lowest BCUT2D eigenvalue weighted by Crippen LogP contribution is -2.32. The van der Waals surface area contributed by atoms with Crippen molar-refractivity contribution < 1.29 is 4.39 Å². The van der Waals surface area contributed by atoms with Crippen molar-refractivity contribution in [3.8, 4) is 0 Å². The van der Waals surface area contributed by atoms with E-state index in [1.54, 1.807) is 6.07 Å². The Kier molecular flexibility index (Phi) is 4.25. The van der Waals surface area contributed by atoms with Crippen LogP contribution in [0.15, 0.2) is 18.2 Å². The van der Waals surface area contributed by atoms with E-state index in [1.165, 1.54) is 18.6 Å². The van der Waals surface area contributed by atoms with Gasteiger partial charge in [-0.25, -0.2) is 4.39 Å². The molecule has 1 aromatic rings. The predicted octanol–water partition coefficient (Wildman–Crippen LogP) is 2.91. The van der Waals surface area contributed by atoms with Gasteiger partial charge in [0.05, 0.1) is 0 Å². The van der Waals surface area contributed by atoms with E-state index in [2.05, 4.69) is 17.1 Å². The van der Waals surface area contributed by atoms with Crippen LogP contribution >= 0.6 is 11.6 Å². The van der Waals surface area contributed by atoms with Crippen LogP contribution in [-0.4, -0.2) is 31.6 Å². The van der Waals surface area contributed by atoms with E-state index < -0.39 is 0 Å². The molecule has 0 bridgehead atoms. The summed E-state index contributed by atoms with van der Waals surface area (Å²) in [5.74, 6) is -0.273. The molecular weight excluding hydrogens is 251 g/mol. The minimum absolute atomic E-state index is 0.273. The van der Waals surface area contributed by atoms with Crippen molar-refractivity contribution in [3.05, 3.63) is 34.6 Å². The van der Waals surface area contributed by atoms with Gasteiger partial charge in [-0.1, -0.05) is 24.6 Å². The lowest BCUT2D eigenvalue weighted by Gasteiger charge is -2.24. The molecule has 1 unspecified atom stereocenters. The quantitative estimate of drug-likeness (QED) is 0.905. The van der Waals surface area contributed by atoms with E-state index in [0.717, 1.165) is 31.7 Å². The molecule has 18 heavy (non-hydrogen) atoms. The summed E-state index contributed by atoms with van der Waals surface area (Å²) >= 11 is 6.06. The molecule has 0 aliphatic carbocycles. The zero-order valence-corrected chi connectivity index (χ0v) is 11.7. The Labute approximate surface area is 113 Å². The minimum Gasteiger partial charge on any atom is -0.319 e. The molecule has 2 nitrogen and oxygen atoms in total. The Hall–Kier alpha value is -0.640. The summed E-state index contributed by atoms with van der Waals surface area (Å²) in [5.41, 5.74) is 1.34. The second-order valence-electron chi connectivity index (χ2n) is 5.54. The summed E-state index contributed by atoms with van der Waals surface area (Å²) < 4.78 is 13.0. The molecule has 1 heterocycles. The number of likely N-dealkylation sites (tertiary alicyclic amines) is 1. The van der Waals surface area contributed by atoms with E-state index in [0.29, 0.717) is 10.4 Å². The van der Waals surface area contributed by atoms with Gasteiger partial charge in [0, 0.05) is 24.7 Å². The molecule has 1 N–H and O–H groups in total. The standard InChI is InChI=1S/C14H20ClFN2/c1-14(9-17-2)5-6-18(10-14)8-11-3-4-12(16)7-13(11)15/h3-4,7,17H,5-6,8-10H2,1-2H3. The van der Waals surface area contributed by atoms with Gasteiger partial charge in [0.2, 0.25) is 0 Å². The molecule has 100 valence electrons. The van der Waals surface area contributed by atoms with Gasteiger partial charge in [0.1, 0.15) is 5.82 Å². The maximum atomic E-state index is 13.0. The fourth-order valence-electron chi connectivity index (χ4n) is 2.72. The third-order valence-corrected chi connectivity index (χ3v) is 4.00. The number of nitrogens with one attached hydrogen (secondary N) is 1. The predicted molar refractivity (Wildman–Crippen MR) is 73.3 cm³/mol. The number of halogens is 2. The third-order valence-electron chi connectivity index (χ3n) is 3.65. The number of hydrogen-bond acceptors (Lipinski definition) is 2. The molecule has 1 atom stereocenters. The maximum Gasteiger partial charge on any atom is 0.124 e. The highest BCUT2D eigenvalue weighted by molar-refractivity contribution is 6.31. The SMILES string of the molecule is CNCC1(C)CCN(Cc2ccc(F)cc2Cl)C1. The van der Waals surface area contributed by atoms with Crippen LogP contribution in [0.4, 0.5) is 4.39 Å². The van der Waals surface area contributed by atoms with Crippen molar-refractivity contribution in [1.29, 1.82) is 0 Å². The first kappa shape index (κ1) is 13.8. The fraction of sp³-hybridized carbons (Fsp3) is 0.571. The van der Waals surface area contributed by atoms with E-state index in [9.17, 15) is 4.39 Å². The van der Waals surface area contributed by atoms with Crippen molar-refractivity contribution in [1.82, 2.24) is 10.2 Å². The Bertz CT molecular complexity index is 424. The van der Waals surface area contributed by atoms with Crippen LogP contribution in [0, 0.1) is 11.2 Å². The van der Waals surface area contributed by atoms with Gasteiger partial charge < -0.3 is 5.32 Å². The topological polar surface area (TPSA) is 15.3 Å². The lowest BCUT2D eigenvalue weighted by atomic mass is 9.90. The van der Waals surface area contributed by atoms with Crippen LogP contribution in [-0.2, 0) is 6.54 Å². The zero-order chi connectivity index (χ0) is 13.2. The normalized spacial score (nSPS) is 24.7. The van der Waals surface area contributed by atoms with Crippen LogP contribution in [0.5, 0.6) is 0 Å². The van der Waals surface area contributed by atoms with Crippen molar-refractivity contribution >= 4 is 11.6 Å². The van der Waals surface area contributed by atoms with Crippen LogP contribution in [0.1, 0.15) is 18.9 Å². The first-order valence-corrected chi connectivity index (χ1v) is 6.71. The number of hydrogen-bond donors (Lipinski definition) is 1. The Morgan fingerprint density at radius 1 is 1.50 bits per heavy atom. The largest absolute Gasteiger partial charge is 0.319 e. The zero-order valence-electron chi connectivity index (χ0n) is 11.0. The molecule has 1 aliphatic rings. The molecular formula is C14H20ClFN2. The summed E-state index contributed by atoms with van der Waals surface area (Å²) in [6, 6.07) is 4.65. The van der Waals surface area contributed by atoms with Crippen molar-refractivity contribution in [2.24, 2.45) is 5.41 Å². The molecule has 0 saturated carbocycles. The van der Waals surface area contributed by atoms with Crippen LogP contribution in [0.25, 0.3) is 0 Å². The van der Waals surface area contributed by atoms with Crippen LogP contribution in [0.3, 0.4) is 0 Å². The highest BCUT2D eigenvalue weighted by Crippen LogP contribution is 2.31. The summed E-state index contributed by atoms with van der Waals surface area (Å²) in [6.45, 7) is 6.27. The monoisotopic (exact) mass is 270 g/mol. The average molecular weight is 271 g/mol. The smallest absolute Gasteiger partial charge is 0.124 e. The second kappa shape index (κ2) is 5.55. The third kappa shape index (κ3) is 3.22. The van der Waals surface area contributed by atoms with Crippen molar-refractivity contribution in [3.63, 3.8) is 0 Å². The van der Waals surface area contributed by atoms with Gasteiger partial charge in [-0.2, -0.15) is 0 Å². The van der Waals surface area contributed by atoms with E-state index in [-0.39, 0.29) is 5.82 Å². The molecule has 0 aromatic heterocycles. The van der Waals surface area contributed by atoms with E-state index >= 15 is 0 Å².